The van der Waals surface area contributed by atoms with Crippen molar-refractivity contribution in [2.45, 2.75) is 38.0 Å². The number of halogens is 1. The van der Waals surface area contributed by atoms with E-state index < -0.39 is 0 Å². The molecule has 3 heterocycles. The summed E-state index contributed by atoms with van der Waals surface area (Å²) in [5.74, 6) is 1.14. The number of nitrogens with zero attached hydrogens (tertiary/aromatic N) is 4. The Kier molecular flexibility index (Phi) is 6.01. The van der Waals surface area contributed by atoms with E-state index in [1.807, 2.05) is 6.07 Å². The van der Waals surface area contributed by atoms with Crippen molar-refractivity contribution in [3.63, 3.8) is 0 Å². The van der Waals surface area contributed by atoms with Crippen LogP contribution in [0.1, 0.15) is 24.0 Å². The second kappa shape index (κ2) is 9.22. The van der Waals surface area contributed by atoms with Crippen LogP contribution in [0.3, 0.4) is 0 Å². The van der Waals surface area contributed by atoms with Crippen molar-refractivity contribution in [2.75, 3.05) is 29.9 Å². The number of aliphatic hydroxyl groups excluding tert-OH is 1. The highest BCUT2D eigenvalue weighted by molar-refractivity contribution is 5.59. The lowest BCUT2D eigenvalue weighted by atomic mass is 9.96. The fraction of sp³-hybridized carbons (Fsp3) is 0.360. The fourth-order valence-corrected chi connectivity index (χ4v) is 4.83. The molecule has 1 saturated heterocycles. The lowest BCUT2D eigenvalue weighted by Crippen LogP contribution is -2.46. The number of benzene rings is 2. The van der Waals surface area contributed by atoms with Gasteiger partial charge in [-0.25, -0.2) is 14.4 Å². The van der Waals surface area contributed by atoms with E-state index in [4.69, 9.17) is 0 Å². The predicted octanol–water partition coefficient (Wildman–Crippen LogP) is 3.75. The van der Waals surface area contributed by atoms with E-state index in [0.29, 0.717) is 17.9 Å². The molecule has 2 aliphatic heterocycles. The zero-order valence-corrected chi connectivity index (χ0v) is 18.0. The van der Waals surface area contributed by atoms with Crippen LogP contribution in [0.5, 0.6) is 0 Å². The maximum atomic E-state index is 13.5. The van der Waals surface area contributed by atoms with E-state index in [9.17, 15) is 9.50 Å². The molecule has 2 N–H and O–H groups in total. The van der Waals surface area contributed by atoms with Gasteiger partial charge < -0.3 is 15.3 Å². The number of hydrogen-bond acceptors (Lipinski definition) is 6. The van der Waals surface area contributed by atoms with Gasteiger partial charge in [0.1, 0.15) is 23.8 Å². The number of fused-ring (bicyclic) bond motifs is 1. The van der Waals surface area contributed by atoms with Crippen molar-refractivity contribution in [1.29, 1.82) is 0 Å². The van der Waals surface area contributed by atoms with Gasteiger partial charge in [-0.05, 0) is 48.6 Å². The summed E-state index contributed by atoms with van der Waals surface area (Å²) in [6, 6.07) is 16.9. The molecule has 2 aliphatic rings. The SMILES string of the molecule is OC1CCN(c2cc(Nc3cccc(F)c3)ncn2)CCC1N1CCc2ccccc2C1. The molecule has 0 aliphatic carbocycles. The van der Waals surface area contributed by atoms with Gasteiger partial charge in [0.25, 0.3) is 0 Å². The largest absolute Gasteiger partial charge is 0.391 e. The average molecular weight is 434 g/mol. The molecule has 2 unspecified atom stereocenters. The summed E-state index contributed by atoms with van der Waals surface area (Å²) in [7, 11) is 0. The van der Waals surface area contributed by atoms with Crippen molar-refractivity contribution < 1.29 is 9.50 Å². The average Bonchev–Trinajstić information content (AvgIpc) is 3.00. The molecule has 7 heteroatoms. The first-order valence-corrected chi connectivity index (χ1v) is 11.2. The van der Waals surface area contributed by atoms with Gasteiger partial charge in [-0.1, -0.05) is 30.3 Å². The van der Waals surface area contributed by atoms with Gasteiger partial charge in [0.2, 0.25) is 0 Å². The molecule has 3 aromatic rings. The van der Waals surface area contributed by atoms with E-state index >= 15 is 0 Å². The molecule has 5 rings (SSSR count). The molecule has 32 heavy (non-hydrogen) atoms. The van der Waals surface area contributed by atoms with E-state index in [2.05, 4.69) is 49.4 Å². The summed E-state index contributed by atoms with van der Waals surface area (Å²) in [4.78, 5) is 13.4. The van der Waals surface area contributed by atoms with Crippen molar-refractivity contribution >= 4 is 17.3 Å². The number of aromatic nitrogens is 2. The van der Waals surface area contributed by atoms with E-state index in [1.54, 1.807) is 12.1 Å². The second-order valence-electron chi connectivity index (χ2n) is 8.59. The van der Waals surface area contributed by atoms with Crippen LogP contribution < -0.4 is 10.2 Å². The molecule has 2 atom stereocenters. The summed E-state index contributed by atoms with van der Waals surface area (Å²) in [6.07, 6.45) is 3.76. The van der Waals surface area contributed by atoms with E-state index in [1.165, 1.54) is 29.6 Å². The molecule has 0 spiro atoms. The predicted molar refractivity (Wildman–Crippen MR) is 124 cm³/mol. The molecule has 2 aromatic carbocycles. The normalized spacial score (nSPS) is 21.6. The maximum Gasteiger partial charge on any atom is 0.135 e. The minimum Gasteiger partial charge on any atom is -0.391 e. The van der Waals surface area contributed by atoms with Gasteiger partial charge in [0.15, 0.2) is 0 Å². The van der Waals surface area contributed by atoms with Crippen molar-refractivity contribution in [1.82, 2.24) is 14.9 Å². The van der Waals surface area contributed by atoms with Crippen molar-refractivity contribution in [3.8, 4) is 0 Å². The highest BCUT2D eigenvalue weighted by atomic mass is 19.1. The summed E-state index contributed by atoms with van der Waals surface area (Å²) >= 11 is 0. The van der Waals surface area contributed by atoms with Gasteiger partial charge in [-0.15, -0.1) is 0 Å². The fourth-order valence-electron chi connectivity index (χ4n) is 4.83. The van der Waals surface area contributed by atoms with E-state index in [0.717, 1.165) is 44.8 Å². The van der Waals surface area contributed by atoms with Gasteiger partial charge >= 0.3 is 0 Å². The Morgan fingerprint density at radius 2 is 1.78 bits per heavy atom. The molecule has 0 amide bonds. The first-order valence-electron chi connectivity index (χ1n) is 11.2. The Bertz CT molecular complexity index is 1080. The van der Waals surface area contributed by atoms with Crippen LogP contribution in [0, 0.1) is 5.82 Å². The van der Waals surface area contributed by atoms with Crippen LogP contribution in [0.25, 0.3) is 0 Å². The number of anilines is 3. The van der Waals surface area contributed by atoms with Crippen molar-refractivity contribution in [3.05, 3.63) is 77.9 Å². The van der Waals surface area contributed by atoms with E-state index in [-0.39, 0.29) is 18.0 Å². The molecule has 6 nitrogen and oxygen atoms in total. The number of aliphatic hydroxyl groups is 1. The van der Waals surface area contributed by atoms with Gasteiger partial charge in [0.05, 0.1) is 6.10 Å². The Morgan fingerprint density at radius 1 is 0.938 bits per heavy atom. The van der Waals surface area contributed by atoms with Crippen LogP contribution in [0.15, 0.2) is 60.9 Å². The Hall–Kier alpha value is -3.03. The van der Waals surface area contributed by atoms with Crippen LogP contribution in [-0.4, -0.2) is 51.8 Å². The Labute approximate surface area is 187 Å². The molecule has 0 bridgehead atoms. The molecule has 166 valence electrons. The third kappa shape index (κ3) is 4.59. The molecule has 1 aromatic heterocycles. The molecular weight excluding hydrogens is 405 g/mol. The number of nitrogens with one attached hydrogen (secondary N) is 1. The maximum absolute atomic E-state index is 13.5. The minimum absolute atomic E-state index is 0.139. The Balaban J connectivity index is 1.27. The standard InChI is InChI=1S/C25H28FN5O/c26-20-6-3-7-21(14-20)29-24-15-25(28-17-27-24)30-12-9-22(23(32)10-13-30)31-11-8-18-4-1-2-5-19(18)16-31/h1-7,14-15,17,22-23,32H,8-13,16H2,(H,27,28,29). The first kappa shape index (κ1) is 20.8. The highest BCUT2D eigenvalue weighted by Gasteiger charge is 2.32. The second-order valence-corrected chi connectivity index (χ2v) is 8.59. The number of rotatable bonds is 4. The zero-order valence-electron chi connectivity index (χ0n) is 18.0. The smallest absolute Gasteiger partial charge is 0.135 e. The highest BCUT2D eigenvalue weighted by Crippen LogP contribution is 2.27. The first-order chi connectivity index (χ1) is 15.7. The molecule has 0 radical (unpaired) electrons. The molecular formula is C25H28FN5O. The summed E-state index contributed by atoms with van der Waals surface area (Å²) in [5, 5.41) is 14.1. The van der Waals surface area contributed by atoms with Crippen molar-refractivity contribution in [2.24, 2.45) is 0 Å². The van der Waals surface area contributed by atoms with Crippen LogP contribution >= 0.6 is 0 Å². The third-order valence-electron chi connectivity index (χ3n) is 6.54. The summed E-state index contributed by atoms with van der Waals surface area (Å²) < 4.78 is 13.5. The van der Waals surface area contributed by atoms with Gasteiger partial charge in [-0.3, -0.25) is 4.90 Å². The lowest BCUT2D eigenvalue weighted by molar-refractivity contribution is 0.0394. The van der Waals surface area contributed by atoms with Crippen LogP contribution in [-0.2, 0) is 13.0 Å². The van der Waals surface area contributed by atoms with Gasteiger partial charge in [-0.2, -0.15) is 0 Å². The topological polar surface area (TPSA) is 64.5 Å². The van der Waals surface area contributed by atoms with Crippen LogP contribution in [0.2, 0.25) is 0 Å². The monoisotopic (exact) mass is 433 g/mol. The van der Waals surface area contributed by atoms with Crippen LogP contribution in [0.4, 0.5) is 21.7 Å². The minimum atomic E-state index is -0.364. The zero-order chi connectivity index (χ0) is 21.9. The van der Waals surface area contributed by atoms with Gasteiger partial charge in [0, 0.05) is 44.0 Å². The quantitative estimate of drug-likeness (QED) is 0.654. The number of hydrogen-bond donors (Lipinski definition) is 2. The summed E-state index contributed by atoms with van der Waals surface area (Å²) in [5.41, 5.74) is 3.44. The molecule has 1 fully saturated rings. The third-order valence-corrected chi connectivity index (χ3v) is 6.54. The Morgan fingerprint density at radius 3 is 2.66 bits per heavy atom. The summed E-state index contributed by atoms with van der Waals surface area (Å²) in [6.45, 7) is 3.43. The lowest BCUT2D eigenvalue weighted by Gasteiger charge is -2.37. The molecule has 0 saturated carbocycles.